The Kier molecular flexibility index (Phi) is 4.35. The van der Waals surface area contributed by atoms with Crippen LogP contribution in [-0.4, -0.2) is 15.8 Å². The van der Waals surface area contributed by atoms with Gasteiger partial charge in [-0.3, -0.25) is 14.9 Å². The molecule has 108 valence electrons. The summed E-state index contributed by atoms with van der Waals surface area (Å²) < 4.78 is 13.6. The van der Waals surface area contributed by atoms with Crippen LogP contribution in [0.25, 0.3) is 0 Å². The first kappa shape index (κ1) is 15.1. The summed E-state index contributed by atoms with van der Waals surface area (Å²) in [6.45, 7) is 0. The van der Waals surface area contributed by atoms with Gasteiger partial charge in [0.15, 0.2) is 0 Å². The zero-order valence-electron chi connectivity index (χ0n) is 10.1. The Labute approximate surface area is 127 Å². The van der Waals surface area contributed by atoms with E-state index in [1.165, 1.54) is 12.3 Å². The minimum atomic E-state index is -0.815. The summed E-state index contributed by atoms with van der Waals surface area (Å²) in [7, 11) is 0. The number of nitro benzene ring substituents is 1. The highest BCUT2D eigenvalue weighted by Gasteiger charge is 2.16. The van der Waals surface area contributed by atoms with Gasteiger partial charge in [0.05, 0.1) is 21.2 Å². The van der Waals surface area contributed by atoms with Crippen LogP contribution in [0.5, 0.6) is 0 Å². The predicted octanol–water partition coefficient (Wildman–Crippen LogP) is 3.69. The van der Waals surface area contributed by atoms with Crippen molar-refractivity contribution in [2.24, 2.45) is 0 Å². The molecule has 6 nitrogen and oxygen atoms in total. The zero-order chi connectivity index (χ0) is 15.6. The van der Waals surface area contributed by atoms with Crippen molar-refractivity contribution in [3.63, 3.8) is 0 Å². The largest absolute Gasteiger partial charge is 0.319 e. The fourth-order valence-electron chi connectivity index (χ4n) is 1.50. The molecular formula is C12H6Cl2FN3O3. The van der Waals surface area contributed by atoms with Gasteiger partial charge in [0.2, 0.25) is 0 Å². The molecule has 0 bridgehead atoms. The maximum absolute atomic E-state index is 13.6. The van der Waals surface area contributed by atoms with Crippen molar-refractivity contribution in [1.29, 1.82) is 0 Å². The molecule has 1 aromatic carbocycles. The molecule has 1 heterocycles. The van der Waals surface area contributed by atoms with Crippen LogP contribution in [0.3, 0.4) is 0 Å². The molecule has 2 aromatic rings. The quantitative estimate of drug-likeness (QED) is 0.528. The summed E-state index contributed by atoms with van der Waals surface area (Å²) >= 11 is 11.4. The molecule has 9 heteroatoms. The van der Waals surface area contributed by atoms with Crippen molar-refractivity contribution < 1.29 is 14.1 Å². The van der Waals surface area contributed by atoms with Crippen molar-refractivity contribution in [2.45, 2.75) is 0 Å². The van der Waals surface area contributed by atoms with Gasteiger partial charge in [0.25, 0.3) is 11.6 Å². The van der Waals surface area contributed by atoms with Crippen LogP contribution in [0.4, 0.5) is 15.8 Å². The van der Waals surface area contributed by atoms with E-state index in [1.54, 1.807) is 0 Å². The molecule has 0 fully saturated rings. The number of carbonyl (C=O) groups is 1. The van der Waals surface area contributed by atoms with Crippen molar-refractivity contribution in [3.8, 4) is 0 Å². The lowest BCUT2D eigenvalue weighted by Gasteiger charge is -2.07. The first-order valence-electron chi connectivity index (χ1n) is 5.45. The predicted molar refractivity (Wildman–Crippen MR) is 75.3 cm³/mol. The number of non-ortho nitro benzene ring substituents is 1. The number of benzene rings is 1. The Morgan fingerprint density at radius 2 is 2.05 bits per heavy atom. The third kappa shape index (κ3) is 3.45. The second-order valence-corrected chi connectivity index (χ2v) is 4.66. The standard InChI is InChI=1S/C12H6Cl2FN3O3/c13-8-5-16-11(14)4-7(8)12(19)17-10-3-6(18(20)21)1-2-9(10)15/h1-5H,(H,17,19). The molecular weight excluding hydrogens is 324 g/mol. The molecule has 1 N–H and O–H groups in total. The van der Waals surface area contributed by atoms with E-state index in [-0.39, 0.29) is 27.1 Å². The number of nitro groups is 1. The van der Waals surface area contributed by atoms with Crippen LogP contribution in [0, 0.1) is 15.9 Å². The van der Waals surface area contributed by atoms with Crippen molar-refractivity contribution >= 4 is 40.5 Å². The summed E-state index contributed by atoms with van der Waals surface area (Å²) in [4.78, 5) is 25.6. The normalized spacial score (nSPS) is 10.2. The Hall–Kier alpha value is -2.25. The van der Waals surface area contributed by atoms with Crippen molar-refractivity contribution in [2.75, 3.05) is 5.32 Å². The van der Waals surface area contributed by atoms with Crippen LogP contribution >= 0.6 is 23.2 Å². The van der Waals surface area contributed by atoms with Gasteiger partial charge in [-0.15, -0.1) is 0 Å². The van der Waals surface area contributed by atoms with Crippen LogP contribution in [0.2, 0.25) is 10.2 Å². The fourth-order valence-corrected chi connectivity index (χ4v) is 1.85. The summed E-state index contributed by atoms with van der Waals surface area (Å²) in [5.74, 6) is -1.58. The molecule has 21 heavy (non-hydrogen) atoms. The monoisotopic (exact) mass is 329 g/mol. The first-order chi connectivity index (χ1) is 9.88. The van der Waals surface area contributed by atoms with Gasteiger partial charge in [-0.2, -0.15) is 0 Å². The van der Waals surface area contributed by atoms with Gasteiger partial charge in [0, 0.05) is 18.3 Å². The second-order valence-electron chi connectivity index (χ2n) is 3.86. The topological polar surface area (TPSA) is 85.1 Å². The molecule has 1 aromatic heterocycles. The summed E-state index contributed by atoms with van der Waals surface area (Å²) in [6, 6.07) is 3.98. The Balaban J connectivity index is 2.33. The van der Waals surface area contributed by atoms with Gasteiger partial charge in [-0.1, -0.05) is 23.2 Å². The number of aromatic nitrogens is 1. The van der Waals surface area contributed by atoms with Crippen molar-refractivity contribution in [1.82, 2.24) is 4.98 Å². The lowest BCUT2D eigenvalue weighted by atomic mass is 10.2. The number of rotatable bonds is 3. The Bertz CT molecular complexity index is 740. The molecule has 0 saturated carbocycles. The number of carbonyl (C=O) groups excluding carboxylic acids is 1. The van der Waals surface area contributed by atoms with Crippen LogP contribution in [-0.2, 0) is 0 Å². The molecule has 0 radical (unpaired) electrons. The Morgan fingerprint density at radius 3 is 2.71 bits per heavy atom. The third-order valence-corrected chi connectivity index (χ3v) is 2.98. The van der Waals surface area contributed by atoms with Gasteiger partial charge >= 0.3 is 0 Å². The van der Waals surface area contributed by atoms with E-state index in [0.29, 0.717) is 0 Å². The number of hydrogen-bond donors (Lipinski definition) is 1. The van der Waals surface area contributed by atoms with Gasteiger partial charge in [-0.05, 0) is 12.1 Å². The van der Waals surface area contributed by atoms with E-state index in [2.05, 4.69) is 10.3 Å². The van der Waals surface area contributed by atoms with Gasteiger partial charge in [-0.25, -0.2) is 9.37 Å². The van der Waals surface area contributed by atoms with E-state index in [4.69, 9.17) is 23.2 Å². The number of amides is 1. The maximum atomic E-state index is 13.6. The zero-order valence-corrected chi connectivity index (χ0v) is 11.7. The molecule has 0 saturated heterocycles. The van der Waals surface area contributed by atoms with E-state index >= 15 is 0 Å². The molecule has 0 unspecified atom stereocenters. The molecule has 0 aliphatic heterocycles. The molecule has 2 rings (SSSR count). The van der Waals surface area contributed by atoms with E-state index in [1.807, 2.05) is 0 Å². The lowest BCUT2D eigenvalue weighted by molar-refractivity contribution is -0.384. The molecule has 0 spiro atoms. The van der Waals surface area contributed by atoms with Crippen molar-refractivity contribution in [3.05, 3.63) is 62.1 Å². The molecule has 0 aliphatic carbocycles. The summed E-state index contributed by atoms with van der Waals surface area (Å²) in [5.41, 5.74) is -0.716. The van der Waals surface area contributed by atoms with Crippen LogP contribution in [0.1, 0.15) is 10.4 Å². The van der Waals surface area contributed by atoms with Gasteiger partial charge in [0.1, 0.15) is 11.0 Å². The number of nitrogens with one attached hydrogen (secondary N) is 1. The number of nitrogens with zero attached hydrogens (tertiary/aromatic N) is 2. The average molecular weight is 330 g/mol. The Morgan fingerprint density at radius 1 is 1.33 bits per heavy atom. The maximum Gasteiger partial charge on any atom is 0.271 e. The third-order valence-electron chi connectivity index (χ3n) is 2.48. The molecule has 0 aliphatic rings. The van der Waals surface area contributed by atoms with Gasteiger partial charge < -0.3 is 5.32 Å². The van der Waals surface area contributed by atoms with Crippen LogP contribution < -0.4 is 5.32 Å². The minimum absolute atomic E-state index is 0.0164. The number of hydrogen-bond acceptors (Lipinski definition) is 4. The minimum Gasteiger partial charge on any atom is -0.319 e. The molecule has 0 atom stereocenters. The van der Waals surface area contributed by atoms with E-state index in [9.17, 15) is 19.3 Å². The highest BCUT2D eigenvalue weighted by Crippen LogP contribution is 2.24. The highest BCUT2D eigenvalue weighted by molar-refractivity contribution is 6.35. The number of anilines is 1. The van der Waals surface area contributed by atoms with E-state index in [0.717, 1.165) is 18.2 Å². The molecule has 1 amide bonds. The number of halogens is 3. The second kappa shape index (κ2) is 6.02. The SMILES string of the molecule is O=C(Nc1cc([N+](=O)[O-])ccc1F)c1cc(Cl)ncc1Cl. The number of pyridine rings is 1. The van der Waals surface area contributed by atoms with Crippen LogP contribution in [0.15, 0.2) is 30.5 Å². The summed E-state index contributed by atoms with van der Waals surface area (Å²) in [5, 5.41) is 12.9. The smallest absolute Gasteiger partial charge is 0.271 e. The highest BCUT2D eigenvalue weighted by atomic mass is 35.5. The fraction of sp³-hybridized carbons (Fsp3) is 0. The lowest BCUT2D eigenvalue weighted by Crippen LogP contribution is -2.14. The average Bonchev–Trinajstić information content (AvgIpc) is 2.43. The summed E-state index contributed by atoms with van der Waals surface area (Å²) in [6.07, 6.45) is 1.17. The first-order valence-corrected chi connectivity index (χ1v) is 6.20. The van der Waals surface area contributed by atoms with E-state index < -0.39 is 16.6 Å².